The van der Waals surface area contributed by atoms with Crippen molar-refractivity contribution in [3.05, 3.63) is 63.6 Å². The number of aryl methyl sites for hydroxylation is 1. The highest BCUT2D eigenvalue weighted by molar-refractivity contribution is 6.36. The number of halogens is 2. The fourth-order valence-corrected chi connectivity index (χ4v) is 2.65. The molecular weight excluding hydrogens is 289 g/mol. The van der Waals surface area contributed by atoms with Gasteiger partial charge in [-0.1, -0.05) is 60.8 Å². The third-order valence-corrected chi connectivity index (χ3v) is 3.87. The zero-order valence-electron chi connectivity index (χ0n) is 11.8. The van der Waals surface area contributed by atoms with E-state index in [-0.39, 0.29) is 6.04 Å². The van der Waals surface area contributed by atoms with Gasteiger partial charge in [0.1, 0.15) is 0 Å². The van der Waals surface area contributed by atoms with Crippen molar-refractivity contribution in [3.63, 3.8) is 0 Å². The molecule has 1 nitrogen and oxygen atoms in total. The zero-order chi connectivity index (χ0) is 14.5. The summed E-state index contributed by atoms with van der Waals surface area (Å²) in [6, 6.07) is 14.4. The van der Waals surface area contributed by atoms with Gasteiger partial charge in [-0.05, 0) is 42.7 Å². The Hall–Kier alpha value is -1.18. The van der Waals surface area contributed by atoms with Gasteiger partial charge < -0.3 is 5.32 Å². The molecule has 1 unspecified atom stereocenters. The highest BCUT2D eigenvalue weighted by Crippen LogP contribution is 2.28. The van der Waals surface area contributed by atoms with Crippen LogP contribution >= 0.6 is 23.2 Å². The molecule has 3 heteroatoms. The molecule has 0 amide bonds. The highest BCUT2D eigenvalue weighted by Gasteiger charge is 2.08. The highest BCUT2D eigenvalue weighted by atomic mass is 35.5. The first-order chi connectivity index (χ1) is 9.60. The van der Waals surface area contributed by atoms with Gasteiger partial charge in [0.2, 0.25) is 0 Å². The van der Waals surface area contributed by atoms with Crippen molar-refractivity contribution >= 4 is 28.9 Å². The molecule has 0 saturated carbocycles. The van der Waals surface area contributed by atoms with E-state index >= 15 is 0 Å². The first-order valence-electron chi connectivity index (χ1n) is 6.90. The maximum absolute atomic E-state index is 6.18. The van der Waals surface area contributed by atoms with Crippen LogP contribution in [-0.4, -0.2) is 0 Å². The minimum absolute atomic E-state index is 0.198. The number of benzene rings is 2. The summed E-state index contributed by atoms with van der Waals surface area (Å²) in [7, 11) is 0. The summed E-state index contributed by atoms with van der Waals surface area (Å²) < 4.78 is 0. The Morgan fingerprint density at radius 2 is 1.75 bits per heavy atom. The summed E-state index contributed by atoms with van der Waals surface area (Å²) in [6.07, 6.45) is 2.30. The van der Waals surface area contributed by atoms with E-state index in [9.17, 15) is 0 Å². The molecule has 0 aliphatic rings. The molecule has 2 rings (SSSR count). The third kappa shape index (κ3) is 3.91. The van der Waals surface area contributed by atoms with Crippen molar-refractivity contribution in [2.75, 3.05) is 5.32 Å². The summed E-state index contributed by atoms with van der Waals surface area (Å²) in [4.78, 5) is 0. The van der Waals surface area contributed by atoms with Crippen LogP contribution in [0.15, 0.2) is 42.5 Å². The van der Waals surface area contributed by atoms with Crippen LogP contribution in [-0.2, 0) is 6.42 Å². The average Bonchev–Trinajstić information content (AvgIpc) is 2.43. The van der Waals surface area contributed by atoms with Crippen LogP contribution < -0.4 is 5.32 Å². The Morgan fingerprint density at radius 1 is 1.05 bits per heavy atom. The number of nitrogens with one attached hydrogen (secondary N) is 1. The molecule has 20 heavy (non-hydrogen) atoms. The van der Waals surface area contributed by atoms with E-state index in [4.69, 9.17) is 23.2 Å². The fourth-order valence-electron chi connectivity index (χ4n) is 2.18. The van der Waals surface area contributed by atoms with Crippen LogP contribution in [0.3, 0.4) is 0 Å². The zero-order valence-corrected chi connectivity index (χ0v) is 13.3. The van der Waals surface area contributed by atoms with E-state index in [1.165, 1.54) is 17.5 Å². The van der Waals surface area contributed by atoms with Gasteiger partial charge in [0.25, 0.3) is 0 Å². The van der Waals surface area contributed by atoms with Crippen LogP contribution in [0.25, 0.3) is 0 Å². The van der Waals surface area contributed by atoms with E-state index in [1.807, 2.05) is 12.1 Å². The molecule has 106 valence electrons. The lowest BCUT2D eigenvalue weighted by Gasteiger charge is -2.17. The Labute approximate surface area is 130 Å². The number of hydrogen-bond donors (Lipinski definition) is 1. The number of hydrogen-bond acceptors (Lipinski definition) is 1. The molecule has 0 radical (unpaired) electrons. The maximum Gasteiger partial charge on any atom is 0.0652 e. The Balaban J connectivity index is 2.09. The van der Waals surface area contributed by atoms with E-state index in [2.05, 4.69) is 43.4 Å². The van der Waals surface area contributed by atoms with Gasteiger partial charge in [-0.3, -0.25) is 0 Å². The monoisotopic (exact) mass is 307 g/mol. The Kier molecular flexibility index (Phi) is 5.33. The van der Waals surface area contributed by atoms with E-state index in [1.54, 1.807) is 6.07 Å². The molecule has 0 spiro atoms. The Morgan fingerprint density at radius 3 is 2.35 bits per heavy atom. The predicted molar refractivity (Wildman–Crippen MR) is 88.9 cm³/mol. The molecule has 1 N–H and O–H groups in total. The lowest BCUT2D eigenvalue weighted by Crippen LogP contribution is -2.07. The van der Waals surface area contributed by atoms with Gasteiger partial charge in [-0.25, -0.2) is 0 Å². The average molecular weight is 308 g/mol. The first-order valence-corrected chi connectivity index (χ1v) is 7.66. The molecule has 0 saturated heterocycles. The molecule has 1 atom stereocenters. The minimum atomic E-state index is 0.198. The molecule has 0 heterocycles. The van der Waals surface area contributed by atoms with E-state index < -0.39 is 0 Å². The molecular formula is C17H19Cl2N. The molecule has 2 aromatic rings. The molecule has 0 aliphatic carbocycles. The number of anilines is 1. The normalized spacial score (nSPS) is 12.2. The second-order valence-corrected chi connectivity index (χ2v) is 5.83. The summed E-state index contributed by atoms with van der Waals surface area (Å²) in [5.74, 6) is 0. The summed E-state index contributed by atoms with van der Waals surface area (Å²) in [6.45, 7) is 4.32. The minimum Gasteiger partial charge on any atom is -0.377 e. The van der Waals surface area contributed by atoms with Crippen molar-refractivity contribution < 1.29 is 0 Å². The van der Waals surface area contributed by atoms with Gasteiger partial charge >= 0.3 is 0 Å². The van der Waals surface area contributed by atoms with Crippen molar-refractivity contribution in [2.24, 2.45) is 0 Å². The van der Waals surface area contributed by atoms with Gasteiger partial charge in [-0.2, -0.15) is 0 Å². The van der Waals surface area contributed by atoms with Crippen LogP contribution in [0.1, 0.15) is 37.4 Å². The number of rotatable bonds is 5. The largest absolute Gasteiger partial charge is 0.377 e. The van der Waals surface area contributed by atoms with Gasteiger partial charge in [0.05, 0.1) is 10.7 Å². The second-order valence-electron chi connectivity index (χ2n) is 4.98. The van der Waals surface area contributed by atoms with Crippen molar-refractivity contribution in [1.82, 2.24) is 0 Å². The standard InChI is InChI=1S/C17H19Cl2N/c1-3-4-13-5-7-14(8-6-13)12(2)20-17-10-9-15(18)11-16(17)19/h5-12,20H,3-4H2,1-2H3. The molecule has 0 aromatic heterocycles. The van der Waals surface area contributed by atoms with Crippen molar-refractivity contribution in [1.29, 1.82) is 0 Å². The van der Waals surface area contributed by atoms with Crippen molar-refractivity contribution in [2.45, 2.75) is 32.7 Å². The van der Waals surface area contributed by atoms with Crippen LogP contribution in [0.4, 0.5) is 5.69 Å². The van der Waals surface area contributed by atoms with Gasteiger partial charge in [-0.15, -0.1) is 0 Å². The SMILES string of the molecule is CCCc1ccc(C(C)Nc2ccc(Cl)cc2Cl)cc1. The quantitative estimate of drug-likeness (QED) is 0.701. The maximum atomic E-state index is 6.18. The fraction of sp³-hybridized carbons (Fsp3) is 0.294. The summed E-state index contributed by atoms with van der Waals surface area (Å²) >= 11 is 12.1. The molecule has 0 fully saturated rings. The molecule has 0 bridgehead atoms. The summed E-state index contributed by atoms with van der Waals surface area (Å²) in [5, 5.41) is 4.71. The molecule has 2 aromatic carbocycles. The lowest BCUT2D eigenvalue weighted by molar-refractivity contribution is 0.876. The second kappa shape index (κ2) is 7.01. The van der Waals surface area contributed by atoms with Crippen LogP contribution in [0.5, 0.6) is 0 Å². The predicted octanol–water partition coefficient (Wildman–Crippen LogP) is 6.12. The Bertz CT molecular complexity index is 564. The van der Waals surface area contributed by atoms with Crippen molar-refractivity contribution in [3.8, 4) is 0 Å². The first kappa shape index (κ1) is 15.2. The van der Waals surface area contributed by atoms with Gasteiger partial charge in [0.15, 0.2) is 0 Å². The molecule has 0 aliphatic heterocycles. The summed E-state index contributed by atoms with van der Waals surface area (Å²) in [5.41, 5.74) is 3.53. The van der Waals surface area contributed by atoms with Gasteiger partial charge in [0, 0.05) is 11.1 Å². The lowest BCUT2D eigenvalue weighted by atomic mass is 10.0. The smallest absolute Gasteiger partial charge is 0.0652 e. The van der Waals surface area contributed by atoms with E-state index in [0.29, 0.717) is 10.0 Å². The third-order valence-electron chi connectivity index (χ3n) is 3.32. The van der Waals surface area contributed by atoms with E-state index in [0.717, 1.165) is 12.1 Å². The topological polar surface area (TPSA) is 12.0 Å². The van der Waals surface area contributed by atoms with Crippen LogP contribution in [0, 0.1) is 0 Å². The van der Waals surface area contributed by atoms with Crippen LogP contribution in [0.2, 0.25) is 10.0 Å².